The summed E-state index contributed by atoms with van der Waals surface area (Å²) in [5.41, 5.74) is 2.61. The van der Waals surface area contributed by atoms with Crippen molar-refractivity contribution in [1.29, 1.82) is 0 Å². The molecule has 1 aromatic rings. The standard InChI is InChI=1S/C15H27N3/c1-17(2)12-6-5-11-16-13-14-7-9-15(10-8-14)18(3)4/h7-10,16H,5-6,11-13H2,1-4H3. The van der Waals surface area contributed by atoms with Crippen LogP contribution < -0.4 is 10.2 Å². The summed E-state index contributed by atoms with van der Waals surface area (Å²) in [6, 6.07) is 8.73. The van der Waals surface area contributed by atoms with Gasteiger partial charge in [-0.15, -0.1) is 0 Å². The molecular formula is C15H27N3. The summed E-state index contributed by atoms with van der Waals surface area (Å²) in [5.74, 6) is 0. The van der Waals surface area contributed by atoms with E-state index in [1.165, 1.54) is 30.6 Å². The van der Waals surface area contributed by atoms with Crippen molar-refractivity contribution in [2.75, 3.05) is 46.2 Å². The topological polar surface area (TPSA) is 18.5 Å². The number of hydrogen-bond donors (Lipinski definition) is 1. The van der Waals surface area contributed by atoms with E-state index in [9.17, 15) is 0 Å². The van der Waals surface area contributed by atoms with Gasteiger partial charge in [-0.25, -0.2) is 0 Å². The maximum absolute atomic E-state index is 3.49. The van der Waals surface area contributed by atoms with Crippen LogP contribution in [0.3, 0.4) is 0 Å². The van der Waals surface area contributed by atoms with Crippen LogP contribution in [0.5, 0.6) is 0 Å². The van der Waals surface area contributed by atoms with Gasteiger partial charge in [0.2, 0.25) is 0 Å². The highest BCUT2D eigenvalue weighted by Gasteiger charge is 1.96. The van der Waals surface area contributed by atoms with Gasteiger partial charge in [-0.2, -0.15) is 0 Å². The van der Waals surface area contributed by atoms with Gasteiger partial charge in [-0.3, -0.25) is 0 Å². The van der Waals surface area contributed by atoms with Crippen molar-refractivity contribution in [2.45, 2.75) is 19.4 Å². The molecule has 1 N–H and O–H groups in total. The van der Waals surface area contributed by atoms with Crippen molar-refractivity contribution in [3.63, 3.8) is 0 Å². The molecule has 18 heavy (non-hydrogen) atoms. The molecule has 0 heterocycles. The molecule has 1 aromatic carbocycles. The fraction of sp³-hybridized carbons (Fsp3) is 0.600. The molecule has 102 valence electrons. The Hall–Kier alpha value is -1.06. The second kappa shape index (κ2) is 8.11. The van der Waals surface area contributed by atoms with E-state index in [0.717, 1.165) is 13.1 Å². The van der Waals surface area contributed by atoms with E-state index in [1.54, 1.807) is 0 Å². The number of anilines is 1. The molecule has 0 fully saturated rings. The SMILES string of the molecule is CN(C)CCCCNCc1ccc(N(C)C)cc1. The van der Waals surface area contributed by atoms with Gasteiger partial charge in [0.15, 0.2) is 0 Å². The van der Waals surface area contributed by atoms with E-state index in [1.807, 2.05) is 0 Å². The third-order valence-corrected chi connectivity index (χ3v) is 2.99. The largest absolute Gasteiger partial charge is 0.378 e. The zero-order valence-electron chi connectivity index (χ0n) is 12.2. The van der Waals surface area contributed by atoms with Crippen LogP contribution in [0.1, 0.15) is 18.4 Å². The van der Waals surface area contributed by atoms with E-state index in [2.05, 4.69) is 67.6 Å². The average molecular weight is 249 g/mol. The molecule has 0 atom stereocenters. The minimum absolute atomic E-state index is 0.968. The fourth-order valence-corrected chi connectivity index (χ4v) is 1.82. The zero-order chi connectivity index (χ0) is 13.4. The summed E-state index contributed by atoms with van der Waals surface area (Å²) in [5, 5.41) is 3.49. The van der Waals surface area contributed by atoms with Gasteiger partial charge < -0.3 is 15.1 Å². The third-order valence-electron chi connectivity index (χ3n) is 2.99. The molecule has 0 spiro atoms. The molecule has 0 aromatic heterocycles. The van der Waals surface area contributed by atoms with Gasteiger partial charge in [-0.05, 0) is 57.7 Å². The highest BCUT2D eigenvalue weighted by molar-refractivity contribution is 5.45. The highest BCUT2D eigenvalue weighted by Crippen LogP contribution is 2.11. The number of benzene rings is 1. The summed E-state index contributed by atoms with van der Waals surface area (Å²) < 4.78 is 0. The molecule has 0 saturated carbocycles. The molecule has 0 amide bonds. The first-order valence-corrected chi connectivity index (χ1v) is 6.71. The number of rotatable bonds is 8. The zero-order valence-corrected chi connectivity index (χ0v) is 12.2. The Bertz CT molecular complexity index is 317. The molecule has 1 rings (SSSR count). The molecule has 0 radical (unpaired) electrons. The summed E-state index contributed by atoms with van der Waals surface area (Å²) in [6.07, 6.45) is 2.51. The lowest BCUT2D eigenvalue weighted by atomic mass is 10.2. The van der Waals surface area contributed by atoms with Crippen LogP contribution in [0, 0.1) is 0 Å². The van der Waals surface area contributed by atoms with Crippen LogP contribution in [0.25, 0.3) is 0 Å². The Morgan fingerprint density at radius 3 is 2.17 bits per heavy atom. The van der Waals surface area contributed by atoms with E-state index < -0.39 is 0 Å². The van der Waals surface area contributed by atoms with Gasteiger partial charge in [0.1, 0.15) is 0 Å². The molecule has 0 aliphatic rings. The van der Waals surface area contributed by atoms with Crippen LogP contribution in [0.15, 0.2) is 24.3 Å². The van der Waals surface area contributed by atoms with Crippen LogP contribution >= 0.6 is 0 Å². The van der Waals surface area contributed by atoms with Crippen molar-refractivity contribution in [2.24, 2.45) is 0 Å². The average Bonchev–Trinajstić information content (AvgIpc) is 2.34. The summed E-state index contributed by atoms with van der Waals surface area (Å²) >= 11 is 0. The van der Waals surface area contributed by atoms with Crippen LogP contribution in [-0.2, 0) is 6.54 Å². The molecular weight excluding hydrogens is 222 g/mol. The van der Waals surface area contributed by atoms with E-state index in [4.69, 9.17) is 0 Å². The number of hydrogen-bond acceptors (Lipinski definition) is 3. The van der Waals surface area contributed by atoms with Crippen molar-refractivity contribution in [1.82, 2.24) is 10.2 Å². The van der Waals surface area contributed by atoms with Gasteiger partial charge in [0.25, 0.3) is 0 Å². The van der Waals surface area contributed by atoms with Gasteiger partial charge in [0, 0.05) is 26.3 Å². The van der Waals surface area contributed by atoms with Crippen molar-refractivity contribution in [3.05, 3.63) is 29.8 Å². The second-order valence-corrected chi connectivity index (χ2v) is 5.25. The third kappa shape index (κ3) is 6.03. The maximum Gasteiger partial charge on any atom is 0.0361 e. The minimum atomic E-state index is 0.968. The minimum Gasteiger partial charge on any atom is -0.378 e. The predicted octanol–water partition coefficient (Wildman–Crippen LogP) is 2.18. The summed E-state index contributed by atoms with van der Waals surface area (Å²) in [4.78, 5) is 4.36. The smallest absolute Gasteiger partial charge is 0.0361 e. The molecule has 0 aliphatic heterocycles. The normalized spacial score (nSPS) is 10.9. The Morgan fingerprint density at radius 2 is 1.61 bits per heavy atom. The number of unbranched alkanes of at least 4 members (excludes halogenated alkanes) is 1. The first kappa shape index (κ1) is 15.0. The van der Waals surface area contributed by atoms with Crippen LogP contribution in [0.2, 0.25) is 0 Å². The quantitative estimate of drug-likeness (QED) is 0.713. The summed E-state index contributed by atoms with van der Waals surface area (Å²) in [6.45, 7) is 3.25. The lowest BCUT2D eigenvalue weighted by Crippen LogP contribution is -2.18. The van der Waals surface area contributed by atoms with Gasteiger partial charge in [-0.1, -0.05) is 12.1 Å². The Balaban J connectivity index is 2.15. The predicted molar refractivity (Wildman–Crippen MR) is 80.3 cm³/mol. The monoisotopic (exact) mass is 249 g/mol. The second-order valence-electron chi connectivity index (χ2n) is 5.25. The first-order valence-electron chi connectivity index (χ1n) is 6.71. The molecule has 0 aliphatic carbocycles. The lowest BCUT2D eigenvalue weighted by Gasteiger charge is -2.13. The maximum atomic E-state index is 3.49. The van der Waals surface area contributed by atoms with E-state index in [-0.39, 0.29) is 0 Å². The Morgan fingerprint density at radius 1 is 0.944 bits per heavy atom. The van der Waals surface area contributed by atoms with Gasteiger partial charge in [0.05, 0.1) is 0 Å². The molecule has 0 unspecified atom stereocenters. The molecule has 0 saturated heterocycles. The van der Waals surface area contributed by atoms with Crippen molar-refractivity contribution in [3.8, 4) is 0 Å². The van der Waals surface area contributed by atoms with Crippen LogP contribution in [-0.4, -0.2) is 46.2 Å². The van der Waals surface area contributed by atoms with Gasteiger partial charge >= 0.3 is 0 Å². The molecule has 3 nitrogen and oxygen atoms in total. The molecule has 3 heteroatoms. The van der Waals surface area contributed by atoms with Crippen LogP contribution in [0.4, 0.5) is 5.69 Å². The van der Waals surface area contributed by atoms with Crippen molar-refractivity contribution >= 4 is 5.69 Å². The highest BCUT2D eigenvalue weighted by atomic mass is 15.1. The lowest BCUT2D eigenvalue weighted by molar-refractivity contribution is 0.391. The first-order chi connectivity index (χ1) is 8.59. The fourth-order valence-electron chi connectivity index (χ4n) is 1.82. The summed E-state index contributed by atoms with van der Waals surface area (Å²) in [7, 11) is 8.38. The number of nitrogens with zero attached hydrogens (tertiary/aromatic N) is 2. The Labute approximate surface area is 112 Å². The van der Waals surface area contributed by atoms with Crippen molar-refractivity contribution < 1.29 is 0 Å². The Kier molecular flexibility index (Phi) is 6.76. The van der Waals surface area contributed by atoms with E-state index >= 15 is 0 Å². The number of nitrogens with one attached hydrogen (secondary N) is 1. The van der Waals surface area contributed by atoms with E-state index in [0.29, 0.717) is 0 Å². The molecule has 0 bridgehead atoms.